The van der Waals surface area contributed by atoms with Gasteiger partial charge in [0.15, 0.2) is 0 Å². The van der Waals surface area contributed by atoms with Gasteiger partial charge in [0.05, 0.1) is 24.8 Å². The van der Waals surface area contributed by atoms with Gasteiger partial charge in [-0.15, -0.1) is 0 Å². The van der Waals surface area contributed by atoms with Crippen LogP contribution in [0.5, 0.6) is 5.75 Å². The fraction of sp³-hybridized carbons (Fsp3) is 0.462. The number of benzene rings is 1. The number of amides is 1. The van der Waals surface area contributed by atoms with Gasteiger partial charge in [0.25, 0.3) is 5.91 Å². The minimum Gasteiger partial charge on any atom is -0.496 e. The van der Waals surface area contributed by atoms with E-state index >= 15 is 0 Å². The Morgan fingerprint density at radius 2 is 2.33 bits per heavy atom. The van der Waals surface area contributed by atoms with E-state index in [2.05, 4.69) is 21.2 Å². The molecule has 0 saturated carbocycles. The Kier molecular flexibility index (Phi) is 3.92. The first-order chi connectivity index (χ1) is 8.54. The molecule has 1 aromatic rings. The summed E-state index contributed by atoms with van der Waals surface area (Å²) < 4.78 is 11.4. The van der Waals surface area contributed by atoms with Gasteiger partial charge in [0.1, 0.15) is 5.75 Å². The van der Waals surface area contributed by atoms with Gasteiger partial charge >= 0.3 is 0 Å². The molecule has 0 aromatic heterocycles. The number of carbonyl (C=O) groups is 1. The fourth-order valence-electron chi connectivity index (χ4n) is 1.96. The van der Waals surface area contributed by atoms with Gasteiger partial charge in [-0.1, -0.05) is 15.9 Å². The first-order valence-electron chi connectivity index (χ1n) is 5.78. The van der Waals surface area contributed by atoms with E-state index in [9.17, 15) is 4.79 Å². The van der Waals surface area contributed by atoms with Crippen LogP contribution < -0.4 is 10.1 Å². The lowest BCUT2D eigenvalue weighted by atomic mass is 10.0. The summed E-state index contributed by atoms with van der Waals surface area (Å²) in [5.41, 5.74) is 0.253. The first-order valence-corrected chi connectivity index (χ1v) is 6.57. The van der Waals surface area contributed by atoms with Crippen LogP contribution >= 0.6 is 15.9 Å². The molecule has 18 heavy (non-hydrogen) atoms. The molecule has 98 valence electrons. The van der Waals surface area contributed by atoms with Crippen LogP contribution in [-0.2, 0) is 4.74 Å². The molecule has 0 aliphatic carbocycles. The molecule has 1 aliphatic rings. The molecule has 1 unspecified atom stereocenters. The SMILES string of the molecule is COc1cc(Br)ccc1C(=O)NC1(C)CCOC1. The average Bonchev–Trinajstić information content (AvgIpc) is 2.75. The Morgan fingerprint density at radius 3 is 2.94 bits per heavy atom. The van der Waals surface area contributed by atoms with E-state index in [1.165, 1.54) is 0 Å². The van der Waals surface area contributed by atoms with E-state index in [0.29, 0.717) is 24.5 Å². The monoisotopic (exact) mass is 313 g/mol. The molecule has 1 saturated heterocycles. The zero-order valence-electron chi connectivity index (χ0n) is 10.5. The Morgan fingerprint density at radius 1 is 1.56 bits per heavy atom. The summed E-state index contributed by atoms with van der Waals surface area (Å²) in [6, 6.07) is 5.35. The average molecular weight is 314 g/mol. The zero-order valence-corrected chi connectivity index (χ0v) is 12.0. The predicted octanol–water partition coefficient (Wildman–Crippen LogP) is 2.37. The molecular weight excluding hydrogens is 298 g/mol. The molecule has 1 aliphatic heterocycles. The van der Waals surface area contributed by atoms with Crippen LogP contribution in [0.4, 0.5) is 0 Å². The Balaban J connectivity index is 2.18. The van der Waals surface area contributed by atoms with Crippen molar-refractivity contribution in [3.8, 4) is 5.75 Å². The van der Waals surface area contributed by atoms with Crippen molar-refractivity contribution >= 4 is 21.8 Å². The highest BCUT2D eigenvalue weighted by Crippen LogP contribution is 2.25. The number of ether oxygens (including phenoxy) is 2. The van der Waals surface area contributed by atoms with E-state index in [4.69, 9.17) is 9.47 Å². The molecule has 0 spiro atoms. The molecule has 2 rings (SSSR count). The topological polar surface area (TPSA) is 47.6 Å². The Labute approximate surface area is 115 Å². The van der Waals surface area contributed by atoms with Gasteiger partial charge in [-0.05, 0) is 31.5 Å². The minimum atomic E-state index is -0.283. The number of methoxy groups -OCH3 is 1. The second-order valence-electron chi connectivity index (χ2n) is 4.66. The van der Waals surface area contributed by atoms with Gasteiger partial charge in [0, 0.05) is 11.1 Å². The molecular formula is C13H16BrNO3. The summed E-state index contributed by atoms with van der Waals surface area (Å²) in [6.07, 6.45) is 0.831. The molecule has 1 atom stereocenters. The normalized spacial score (nSPS) is 22.8. The molecule has 1 aromatic carbocycles. The molecule has 4 nitrogen and oxygen atoms in total. The third-order valence-electron chi connectivity index (χ3n) is 3.04. The van der Waals surface area contributed by atoms with Crippen molar-refractivity contribution in [1.29, 1.82) is 0 Å². The molecule has 5 heteroatoms. The fourth-order valence-corrected chi connectivity index (χ4v) is 2.30. The molecule has 1 heterocycles. The van der Waals surface area contributed by atoms with Gasteiger partial charge < -0.3 is 14.8 Å². The molecule has 1 amide bonds. The van der Waals surface area contributed by atoms with Crippen LogP contribution in [0.25, 0.3) is 0 Å². The standard InChI is InChI=1S/C13H16BrNO3/c1-13(5-6-18-8-13)15-12(16)10-4-3-9(14)7-11(10)17-2/h3-4,7H,5-6,8H2,1-2H3,(H,15,16). The predicted molar refractivity (Wildman–Crippen MR) is 72.0 cm³/mol. The third-order valence-corrected chi connectivity index (χ3v) is 3.54. The van der Waals surface area contributed by atoms with Crippen LogP contribution in [0, 0.1) is 0 Å². The smallest absolute Gasteiger partial charge is 0.255 e. The number of hydrogen-bond acceptors (Lipinski definition) is 3. The Hall–Kier alpha value is -1.07. The quantitative estimate of drug-likeness (QED) is 0.932. The maximum absolute atomic E-state index is 12.2. The second-order valence-corrected chi connectivity index (χ2v) is 5.58. The summed E-state index contributed by atoms with van der Waals surface area (Å²) >= 11 is 3.35. The summed E-state index contributed by atoms with van der Waals surface area (Å²) in [5, 5.41) is 3.01. The molecule has 0 radical (unpaired) electrons. The number of rotatable bonds is 3. The van der Waals surface area contributed by atoms with Crippen LogP contribution in [-0.4, -0.2) is 31.8 Å². The maximum Gasteiger partial charge on any atom is 0.255 e. The summed E-state index contributed by atoms with van der Waals surface area (Å²) in [5.74, 6) is 0.428. The van der Waals surface area contributed by atoms with Crippen molar-refractivity contribution < 1.29 is 14.3 Å². The van der Waals surface area contributed by atoms with E-state index < -0.39 is 0 Å². The Bertz CT molecular complexity index is 456. The van der Waals surface area contributed by atoms with Crippen LogP contribution in [0.2, 0.25) is 0 Å². The lowest BCUT2D eigenvalue weighted by Crippen LogP contribution is -2.46. The lowest BCUT2D eigenvalue weighted by molar-refractivity contribution is 0.0887. The molecule has 0 bridgehead atoms. The largest absolute Gasteiger partial charge is 0.496 e. The van der Waals surface area contributed by atoms with Gasteiger partial charge in [-0.25, -0.2) is 0 Å². The van der Waals surface area contributed by atoms with Gasteiger partial charge in [-0.3, -0.25) is 4.79 Å². The highest BCUT2D eigenvalue weighted by Gasteiger charge is 2.32. The minimum absolute atomic E-state index is 0.132. The maximum atomic E-state index is 12.2. The second kappa shape index (κ2) is 5.28. The van der Waals surface area contributed by atoms with Crippen LogP contribution in [0.15, 0.2) is 22.7 Å². The van der Waals surface area contributed by atoms with Crippen molar-refractivity contribution in [2.24, 2.45) is 0 Å². The van der Waals surface area contributed by atoms with Gasteiger partial charge in [0.2, 0.25) is 0 Å². The number of carbonyl (C=O) groups excluding carboxylic acids is 1. The highest BCUT2D eigenvalue weighted by molar-refractivity contribution is 9.10. The van der Waals surface area contributed by atoms with E-state index in [0.717, 1.165) is 10.9 Å². The van der Waals surface area contributed by atoms with E-state index in [1.54, 1.807) is 19.2 Å². The molecule has 1 N–H and O–H groups in total. The lowest BCUT2D eigenvalue weighted by Gasteiger charge is -2.24. The van der Waals surface area contributed by atoms with Crippen molar-refractivity contribution in [3.63, 3.8) is 0 Å². The van der Waals surface area contributed by atoms with Crippen molar-refractivity contribution in [2.45, 2.75) is 18.9 Å². The van der Waals surface area contributed by atoms with E-state index in [1.807, 2.05) is 13.0 Å². The summed E-state index contributed by atoms with van der Waals surface area (Å²) in [7, 11) is 1.55. The van der Waals surface area contributed by atoms with Gasteiger partial charge in [-0.2, -0.15) is 0 Å². The van der Waals surface area contributed by atoms with Crippen molar-refractivity contribution in [3.05, 3.63) is 28.2 Å². The first kappa shape index (κ1) is 13.4. The third kappa shape index (κ3) is 2.84. The number of halogens is 1. The van der Waals surface area contributed by atoms with Crippen LogP contribution in [0.3, 0.4) is 0 Å². The molecule has 1 fully saturated rings. The van der Waals surface area contributed by atoms with Crippen molar-refractivity contribution in [1.82, 2.24) is 5.32 Å². The number of hydrogen-bond donors (Lipinski definition) is 1. The van der Waals surface area contributed by atoms with Crippen LogP contribution in [0.1, 0.15) is 23.7 Å². The summed E-state index contributed by atoms with van der Waals surface area (Å²) in [6.45, 7) is 3.23. The number of nitrogens with one attached hydrogen (secondary N) is 1. The van der Waals surface area contributed by atoms with Crippen molar-refractivity contribution in [2.75, 3.05) is 20.3 Å². The zero-order chi connectivity index (χ0) is 13.2. The highest BCUT2D eigenvalue weighted by atomic mass is 79.9. The van der Waals surface area contributed by atoms with E-state index in [-0.39, 0.29) is 11.4 Å². The summed E-state index contributed by atoms with van der Waals surface area (Å²) in [4.78, 5) is 12.2.